The van der Waals surface area contributed by atoms with E-state index in [4.69, 9.17) is 16.3 Å². The normalized spacial score (nSPS) is 11.2. The van der Waals surface area contributed by atoms with Crippen molar-refractivity contribution in [1.82, 2.24) is 4.72 Å². The topological polar surface area (TPSA) is 72.5 Å². The van der Waals surface area contributed by atoms with E-state index in [0.717, 1.165) is 28.0 Å². The molecule has 0 aromatic heterocycles. The third kappa shape index (κ3) is 5.96. The van der Waals surface area contributed by atoms with Crippen LogP contribution in [0.2, 0.25) is 5.02 Å². The van der Waals surface area contributed by atoms with Gasteiger partial charge in [0.05, 0.1) is 11.6 Å². The highest BCUT2D eigenvalue weighted by Crippen LogP contribution is 2.32. The number of hydrogen-bond acceptors (Lipinski definition) is 4. The van der Waals surface area contributed by atoms with Crippen molar-refractivity contribution in [2.24, 2.45) is 0 Å². The molecule has 0 atom stereocenters. The molecule has 7 heteroatoms. The van der Waals surface area contributed by atoms with Crippen molar-refractivity contribution in [3.8, 4) is 16.9 Å². The first kappa shape index (κ1) is 25.5. The first-order chi connectivity index (χ1) is 17.4. The van der Waals surface area contributed by atoms with Crippen molar-refractivity contribution in [1.29, 1.82) is 0 Å². The Labute approximate surface area is 216 Å². The van der Waals surface area contributed by atoms with Crippen LogP contribution in [0.4, 0.5) is 0 Å². The van der Waals surface area contributed by atoms with Crippen molar-refractivity contribution in [3.63, 3.8) is 0 Å². The van der Waals surface area contributed by atoms with Gasteiger partial charge in [0, 0.05) is 11.1 Å². The number of ether oxygens (including phenoxy) is 1. The van der Waals surface area contributed by atoms with E-state index in [0.29, 0.717) is 25.0 Å². The molecule has 0 aliphatic carbocycles. The number of hydrogen-bond donors (Lipinski definition) is 1. The summed E-state index contributed by atoms with van der Waals surface area (Å²) in [6, 6.07) is 29.0. The number of amides is 1. The van der Waals surface area contributed by atoms with Crippen LogP contribution >= 0.6 is 11.6 Å². The SMILES string of the molecule is CCOc1ccccc1-c1ccc(C(=O)NS(=O)(=O)c2ccccc2Cl)c(CCc2ccccc2)c1. The van der Waals surface area contributed by atoms with Crippen LogP contribution in [0.5, 0.6) is 5.75 Å². The van der Waals surface area contributed by atoms with Crippen LogP contribution in [0.3, 0.4) is 0 Å². The van der Waals surface area contributed by atoms with Gasteiger partial charge in [-0.05, 0) is 60.7 Å². The Hall–Kier alpha value is -3.61. The molecule has 0 saturated heterocycles. The van der Waals surface area contributed by atoms with Gasteiger partial charge in [0.15, 0.2) is 0 Å². The summed E-state index contributed by atoms with van der Waals surface area (Å²) < 4.78 is 33.8. The van der Waals surface area contributed by atoms with Crippen LogP contribution in [0.25, 0.3) is 11.1 Å². The van der Waals surface area contributed by atoms with E-state index >= 15 is 0 Å². The van der Waals surface area contributed by atoms with Crippen molar-refractivity contribution in [2.75, 3.05) is 6.61 Å². The second kappa shape index (κ2) is 11.4. The van der Waals surface area contributed by atoms with Gasteiger partial charge in [0.25, 0.3) is 15.9 Å². The Balaban J connectivity index is 1.70. The number of nitrogens with one attached hydrogen (secondary N) is 1. The number of para-hydroxylation sites is 1. The molecule has 0 fully saturated rings. The summed E-state index contributed by atoms with van der Waals surface area (Å²) in [5.41, 5.74) is 3.92. The van der Waals surface area contributed by atoms with Crippen LogP contribution in [0.1, 0.15) is 28.4 Å². The van der Waals surface area contributed by atoms with Crippen molar-refractivity contribution in [3.05, 3.63) is 119 Å². The minimum Gasteiger partial charge on any atom is -0.493 e. The second-order valence-electron chi connectivity index (χ2n) is 8.15. The molecular weight excluding hydrogens is 494 g/mol. The molecule has 0 saturated carbocycles. The number of rotatable bonds is 9. The molecule has 184 valence electrons. The summed E-state index contributed by atoms with van der Waals surface area (Å²) in [5, 5.41) is 0.0463. The van der Waals surface area contributed by atoms with Gasteiger partial charge in [-0.15, -0.1) is 0 Å². The lowest BCUT2D eigenvalue weighted by Crippen LogP contribution is -2.31. The monoisotopic (exact) mass is 519 g/mol. The van der Waals surface area contributed by atoms with Gasteiger partial charge in [0.1, 0.15) is 10.6 Å². The van der Waals surface area contributed by atoms with Crippen LogP contribution in [0.15, 0.2) is 102 Å². The van der Waals surface area contributed by atoms with E-state index < -0.39 is 15.9 Å². The van der Waals surface area contributed by atoms with E-state index in [9.17, 15) is 13.2 Å². The Morgan fingerprint density at radius 1 is 0.861 bits per heavy atom. The maximum atomic E-state index is 13.2. The zero-order valence-electron chi connectivity index (χ0n) is 19.8. The molecule has 0 heterocycles. The number of aryl methyl sites for hydroxylation is 2. The van der Waals surface area contributed by atoms with Gasteiger partial charge >= 0.3 is 0 Å². The van der Waals surface area contributed by atoms with Gasteiger partial charge in [0.2, 0.25) is 0 Å². The highest BCUT2D eigenvalue weighted by molar-refractivity contribution is 7.90. The first-order valence-electron chi connectivity index (χ1n) is 11.6. The van der Waals surface area contributed by atoms with Crippen LogP contribution < -0.4 is 9.46 Å². The van der Waals surface area contributed by atoms with Crippen molar-refractivity contribution in [2.45, 2.75) is 24.7 Å². The van der Waals surface area contributed by atoms with Crippen LogP contribution in [0, 0.1) is 0 Å². The molecule has 0 aliphatic rings. The Kier molecular flexibility index (Phi) is 8.08. The molecule has 0 spiro atoms. The standard InChI is InChI=1S/C29H26ClNO4S/c1-2-35-27-14-8-6-12-24(27)22-18-19-25(23(20-22)17-16-21-10-4-3-5-11-21)29(32)31-36(33,34)28-15-9-7-13-26(28)30/h3-15,18-20H,2,16-17H2,1H3,(H,31,32). The van der Waals surface area contributed by atoms with Gasteiger partial charge in [-0.1, -0.05) is 84.4 Å². The van der Waals surface area contributed by atoms with Crippen molar-refractivity contribution < 1.29 is 17.9 Å². The summed E-state index contributed by atoms with van der Waals surface area (Å²) in [7, 11) is -4.15. The maximum Gasteiger partial charge on any atom is 0.265 e. The van der Waals surface area contributed by atoms with Gasteiger partial charge < -0.3 is 4.74 Å². The van der Waals surface area contributed by atoms with E-state index in [-0.39, 0.29) is 9.92 Å². The number of benzene rings is 4. The Morgan fingerprint density at radius 2 is 1.56 bits per heavy atom. The molecule has 0 radical (unpaired) electrons. The van der Waals surface area contributed by atoms with Crippen LogP contribution in [-0.4, -0.2) is 20.9 Å². The van der Waals surface area contributed by atoms with E-state index in [1.54, 1.807) is 24.3 Å². The summed E-state index contributed by atoms with van der Waals surface area (Å²) in [6.07, 6.45) is 1.23. The van der Waals surface area contributed by atoms with Crippen LogP contribution in [-0.2, 0) is 22.9 Å². The van der Waals surface area contributed by atoms with Crippen molar-refractivity contribution >= 4 is 27.5 Å². The number of carbonyl (C=O) groups excluding carboxylic acids is 1. The fourth-order valence-corrected chi connectivity index (χ4v) is 5.48. The molecule has 0 bridgehead atoms. The van der Waals surface area contributed by atoms with Gasteiger partial charge in [-0.25, -0.2) is 13.1 Å². The Morgan fingerprint density at radius 3 is 2.31 bits per heavy atom. The molecule has 1 N–H and O–H groups in total. The summed E-state index contributed by atoms with van der Waals surface area (Å²) in [4.78, 5) is 13.1. The molecule has 4 aromatic carbocycles. The quantitative estimate of drug-likeness (QED) is 0.281. The number of halogens is 1. The van der Waals surface area contributed by atoms with E-state index in [1.165, 1.54) is 12.1 Å². The minimum absolute atomic E-state index is 0.0463. The number of carbonyl (C=O) groups is 1. The average Bonchev–Trinajstić information content (AvgIpc) is 2.88. The lowest BCUT2D eigenvalue weighted by Gasteiger charge is -2.15. The minimum atomic E-state index is -4.15. The third-order valence-corrected chi connectivity index (χ3v) is 7.56. The smallest absolute Gasteiger partial charge is 0.265 e. The lowest BCUT2D eigenvalue weighted by atomic mass is 9.94. The van der Waals surface area contributed by atoms with E-state index in [1.807, 2.05) is 67.6 Å². The summed E-state index contributed by atoms with van der Waals surface area (Å²) in [6.45, 7) is 2.45. The zero-order valence-corrected chi connectivity index (χ0v) is 21.4. The Bertz CT molecular complexity index is 1470. The summed E-state index contributed by atoms with van der Waals surface area (Å²) >= 11 is 6.07. The lowest BCUT2D eigenvalue weighted by molar-refractivity contribution is 0.0980. The molecule has 4 rings (SSSR count). The second-order valence-corrected chi connectivity index (χ2v) is 10.2. The summed E-state index contributed by atoms with van der Waals surface area (Å²) in [5.74, 6) is 0.0372. The van der Waals surface area contributed by atoms with E-state index in [2.05, 4.69) is 4.72 Å². The zero-order chi connectivity index (χ0) is 25.5. The molecule has 4 aromatic rings. The van der Waals surface area contributed by atoms with Gasteiger partial charge in [-0.3, -0.25) is 4.79 Å². The molecule has 0 unspecified atom stereocenters. The number of sulfonamides is 1. The predicted molar refractivity (Wildman–Crippen MR) is 143 cm³/mol. The predicted octanol–water partition coefficient (Wildman–Crippen LogP) is 6.31. The highest BCUT2D eigenvalue weighted by Gasteiger charge is 2.23. The third-order valence-electron chi connectivity index (χ3n) is 5.73. The molecule has 0 aliphatic heterocycles. The fourth-order valence-electron chi connectivity index (χ4n) is 3.99. The highest BCUT2D eigenvalue weighted by atomic mass is 35.5. The largest absolute Gasteiger partial charge is 0.493 e. The molecular formula is C29H26ClNO4S. The molecule has 36 heavy (non-hydrogen) atoms. The molecule has 1 amide bonds. The maximum absolute atomic E-state index is 13.2. The fraction of sp³-hybridized carbons (Fsp3) is 0.138. The average molecular weight is 520 g/mol. The first-order valence-corrected chi connectivity index (χ1v) is 13.5. The molecule has 5 nitrogen and oxygen atoms in total. The van der Waals surface area contributed by atoms with Gasteiger partial charge in [-0.2, -0.15) is 0 Å².